The molecule has 0 saturated carbocycles. The summed E-state index contributed by atoms with van der Waals surface area (Å²) in [7, 11) is 0. The van der Waals surface area contributed by atoms with Crippen LogP contribution in [0.4, 0.5) is 14.5 Å². The van der Waals surface area contributed by atoms with Crippen LogP contribution in [0.5, 0.6) is 0 Å². The lowest BCUT2D eigenvalue weighted by Gasteiger charge is -2.25. The standard InChI is InChI=1S/C17H13F2NO3/c18-11-6-12(19)16-13(7-11)20-14(8-15(16)21)17(22)23-9-10-4-2-1-3-5-10/h1-7,14,20H,8-9H2/t14-/m0/s1. The molecule has 1 aliphatic rings. The average molecular weight is 317 g/mol. The van der Waals surface area contributed by atoms with Crippen molar-refractivity contribution in [2.24, 2.45) is 0 Å². The number of rotatable bonds is 3. The summed E-state index contributed by atoms with van der Waals surface area (Å²) >= 11 is 0. The SMILES string of the molecule is O=C1C[C@@H](C(=O)OCc2ccccc2)Nc2cc(F)cc(F)c21. The maximum Gasteiger partial charge on any atom is 0.329 e. The van der Waals surface area contributed by atoms with Crippen LogP contribution in [0.25, 0.3) is 0 Å². The number of carbonyl (C=O) groups excluding carboxylic acids is 2. The van der Waals surface area contributed by atoms with E-state index in [-0.39, 0.29) is 24.3 Å². The number of carbonyl (C=O) groups is 2. The first-order chi connectivity index (χ1) is 11.0. The number of hydrogen-bond acceptors (Lipinski definition) is 4. The highest BCUT2D eigenvalue weighted by Crippen LogP contribution is 2.28. The van der Waals surface area contributed by atoms with Gasteiger partial charge in [-0.3, -0.25) is 4.79 Å². The van der Waals surface area contributed by atoms with Gasteiger partial charge in [-0.15, -0.1) is 0 Å². The normalized spacial score (nSPS) is 16.4. The van der Waals surface area contributed by atoms with Crippen molar-refractivity contribution >= 4 is 17.4 Å². The highest BCUT2D eigenvalue weighted by atomic mass is 19.1. The molecule has 0 bridgehead atoms. The van der Waals surface area contributed by atoms with Gasteiger partial charge in [0.05, 0.1) is 11.3 Å². The quantitative estimate of drug-likeness (QED) is 0.884. The van der Waals surface area contributed by atoms with E-state index in [2.05, 4.69) is 5.32 Å². The molecule has 3 rings (SSSR count). The second-order valence-electron chi connectivity index (χ2n) is 5.23. The predicted octanol–water partition coefficient (Wildman–Crippen LogP) is 3.08. The summed E-state index contributed by atoms with van der Waals surface area (Å²) in [6, 6.07) is 9.74. The van der Waals surface area contributed by atoms with E-state index in [1.807, 2.05) is 18.2 Å². The second-order valence-corrected chi connectivity index (χ2v) is 5.23. The first kappa shape index (κ1) is 15.1. The van der Waals surface area contributed by atoms with Crippen LogP contribution < -0.4 is 5.32 Å². The van der Waals surface area contributed by atoms with Gasteiger partial charge in [0.15, 0.2) is 5.78 Å². The van der Waals surface area contributed by atoms with Gasteiger partial charge in [-0.2, -0.15) is 0 Å². The third-order valence-electron chi connectivity index (χ3n) is 3.56. The minimum atomic E-state index is -0.958. The molecule has 1 aliphatic heterocycles. The monoisotopic (exact) mass is 317 g/mol. The Labute approximate surface area is 131 Å². The Kier molecular flexibility index (Phi) is 4.06. The molecule has 23 heavy (non-hydrogen) atoms. The molecule has 2 aromatic carbocycles. The lowest BCUT2D eigenvalue weighted by Crippen LogP contribution is -2.38. The second kappa shape index (κ2) is 6.16. The number of benzene rings is 2. The Morgan fingerprint density at radius 2 is 1.96 bits per heavy atom. The van der Waals surface area contributed by atoms with Crippen molar-refractivity contribution in [3.63, 3.8) is 0 Å². The molecule has 6 heteroatoms. The number of esters is 1. The zero-order chi connectivity index (χ0) is 16.4. The summed E-state index contributed by atoms with van der Waals surface area (Å²) in [5, 5.41) is 2.67. The van der Waals surface area contributed by atoms with Crippen LogP contribution in [-0.2, 0) is 16.1 Å². The fourth-order valence-electron chi connectivity index (χ4n) is 2.47. The topological polar surface area (TPSA) is 55.4 Å². The summed E-state index contributed by atoms with van der Waals surface area (Å²) in [5.74, 6) is -2.95. The highest BCUT2D eigenvalue weighted by Gasteiger charge is 2.32. The molecule has 0 spiro atoms. The molecule has 1 N–H and O–H groups in total. The predicted molar refractivity (Wildman–Crippen MR) is 79.0 cm³/mol. The van der Waals surface area contributed by atoms with Gasteiger partial charge < -0.3 is 10.1 Å². The van der Waals surface area contributed by atoms with Gasteiger partial charge in [-0.05, 0) is 11.6 Å². The van der Waals surface area contributed by atoms with E-state index in [9.17, 15) is 18.4 Å². The molecule has 0 radical (unpaired) electrons. The number of Topliss-reactive ketones (excluding diaryl/α,β-unsaturated/α-hetero) is 1. The molecule has 0 aromatic heterocycles. The maximum absolute atomic E-state index is 13.7. The van der Waals surface area contributed by atoms with E-state index in [0.29, 0.717) is 6.07 Å². The summed E-state index contributed by atoms with van der Waals surface area (Å²) in [5.41, 5.74) is 0.555. The van der Waals surface area contributed by atoms with E-state index in [1.54, 1.807) is 12.1 Å². The summed E-state index contributed by atoms with van der Waals surface area (Å²) in [6.07, 6.45) is -0.233. The van der Waals surface area contributed by atoms with E-state index in [1.165, 1.54) is 0 Å². The van der Waals surface area contributed by atoms with Crippen LogP contribution >= 0.6 is 0 Å². The summed E-state index contributed by atoms with van der Waals surface area (Å²) in [6.45, 7) is 0.0659. The van der Waals surface area contributed by atoms with Gasteiger partial charge in [0.25, 0.3) is 0 Å². The van der Waals surface area contributed by atoms with Crippen LogP contribution in [0.2, 0.25) is 0 Å². The molecular formula is C17H13F2NO3. The van der Waals surface area contributed by atoms with E-state index in [4.69, 9.17) is 4.74 Å². The Morgan fingerprint density at radius 1 is 1.22 bits per heavy atom. The van der Waals surface area contributed by atoms with Crippen LogP contribution in [-0.4, -0.2) is 17.8 Å². The van der Waals surface area contributed by atoms with Crippen molar-refractivity contribution in [2.45, 2.75) is 19.1 Å². The summed E-state index contributed by atoms with van der Waals surface area (Å²) in [4.78, 5) is 24.1. The number of ketones is 1. The van der Waals surface area contributed by atoms with Crippen molar-refractivity contribution in [1.82, 2.24) is 0 Å². The molecule has 0 saturated heterocycles. The highest BCUT2D eigenvalue weighted by molar-refractivity contribution is 6.06. The number of anilines is 1. The van der Waals surface area contributed by atoms with Gasteiger partial charge in [0.1, 0.15) is 24.3 Å². The summed E-state index contributed by atoms with van der Waals surface area (Å²) < 4.78 is 32.1. The molecule has 1 atom stereocenters. The molecule has 118 valence electrons. The van der Waals surface area contributed by atoms with Gasteiger partial charge in [-0.1, -0.05) is 30.3 Å². The largest absolute Gasteiger partial charge is 0.459 e. The van der Waals surface area contributed by atoms with E-state index < -0.39 is 29.4 Å². The van der Waals surface area contributed by atoms with Crippen LogP contribution in [0.15, 0.2) is 42.5 Å². The zero-order valence-electron chi connectivity index (χ0n) is 12.0. The van der Waals surface area contributed by atoms with Gasteiger partial charge in [0, 0.05) is 12.5 Å². The Morgan fingerprint density at radius 3 is 2.70 bits per heavy atom. The number of hydrogen-bond donors (Lipinski definition) is 1. The van der Waals surface area contributed by atoms with Crippen LogP contribution in [0.1, 0.15) is 22.3 Å². The molecule has 0 unspecified atom stereocenters. The molecule has 0 amide bonds. The van der Waals surface area contributed by atoms with E-state index >= 15 is 0 Å². The number of ether oxygens (including phenoxy) is 1. The smallest absolute Gasteiger partial charge is 0.329 e. The molecule has 4 nitrogen and oxygen atoms in total. The average Bonchev–Trinajstić information content (AvgIpc) is 2.52. The number of fused-ring (bicyclic) bond motifs is 1. The van der Waals surface area contributed by atoms with Crippen molar-refractivity contribution in [3.05, 3.63) is 65.2 Å². The Hall–Kier alpha value is -2.76. The molecule has 0 fully saturated rings. The van der Waals surface area contributed by atoms with Gasteiger partial charge in [0.2, 0.25) is 0 Å². The number of nitrogens with one attached hydrogen (secondary N) is 1. The van der Waals surface area contributed by atoms with Crippen LogP contribution in [0.3, 0.4) is 0 Å². The minimum absolute atomic E-state index is 0.0274. The Balaban J connectivity index is 1.72. The molecular weight excluding hydrogens is 304 g/mol. The molecule has 0 aliphatic carbocycles. The fraction of sp³-hybridized carbons (Fsp3) is 0.176. The zero-order valence-corrected chi connectivity index (χ0v) is 12.0. The lowest BCUT2D eigenvalue weighted by atomic mass is 9.96. The van der Waals surface area contributed by atoms with Crippen molar-refractivity contribution < 1.29 is 23.1 Å². The molecule has 2 aromatic rings. The van der Waals surface area contributed by atoms with Gasteiger partial charge >= 0.3 is 5.97 Å². The van der Waals surface area contributed by atoms with Gasteiger partial charge in [-0.25, -0.2) is 13.6 Å². The van der Waals surface area contributed by atoms with E-state index in [0.717, 1.165) is 11.6 Å². The third kappa shape index (κ3) is 3.21. The third-order valence-corrected chi connectivity index (χ3v) is 3.56. The number of halogens is 2. The molecule has 1 heterocycles. The first-order valence-corrected chi connectivity index (χ1v) is 7.04. The lowest BCUT2D eigenvalue weighted by molar-refractivity contribution is -0.145. The van der Waals surface area contributed by atoms with Crippen molar-refractivity contribution in [1.29, 1.82) is 0 Å². The van der Waals surface area contributed by atoms with Crippen molar-refractivity contribution in [3.8, 4) is 0 Å². The van der Waals surface area contributed by atoms with Crippen LogP contribution in [0, 0.1) is 11.6 Å². The maximum atomic E-state index is 13.7. The first-order valence-electron chi connectivity index (χ1n) is 7.04. The Bertz CT molecular complexity index is 762. The fourth-order valence-corrected chi connectivity index (χ4v) is 2.47. The minimum Gasteiger partial charge on any atom is -0.459 e. The van der Waals surface area contributed by atoms with Crippen molar-refractivity contribution in [2.75, 3.05) is 5.32 Å².